The Morgan fingerprint density at radius 2 is 1.68 bits per heavy atom. The van der Waals surface area contributed by atoms with E-state index in [0.717, 1.165) is 0 Å². The van der Waals surface area contributed by atoms with Gasteiger partial charge in [0, 0.05) is 7.05 Å². The van der Waals surface area contributed by atoms with Crippen molar-refractivity contribution < 1.29 is 14.3 Å². The number of hydrogen-bond donors (Lipinski definition) is 1. The minimum atomic E-state index is -0.704. The first-order valence-corrected chi connectivity index (χ1v) is 6.65. The van der Waals surface area contributed by atoms with Crippen molar-refractivity contribution in [1.82, 2.24) is 10.2 Å². The molecule has 0 fully saturated rings. The van der Waals surface area contributed by atoms with Crippen LogP contribution < -0.4 is 5.32 Å². The van der Waals surface area contributed by atoms with Gasteiger partial charge in [0.2, 0.25) is 5.91 Å². The van der Waals surface area contributed by atoms with E-state index < -0.39 is 17.2 Å². The maximum atomic E-state index is 12.3. The smallest absolute Gasteiger partial charge is 0.329 e. The van der Waals surface area contributed by atoms with E-state index in [1.54, 1.807) is 27.9 Å². The van der Waals surface area contributed by atoms with Gasteiger partial charge in [-0.15, -0.1) is 0 Å². The Hall–Kier alpha value is -1.10. The maximum Gasteiger partial charge on any atom is 0.329 e. The summed E-state index contributed by atoms with van der Waals surface area (Å²) in [6, 6.07) is -0.556. The zero-order chi connectivity index (χ0) is 15.4. The van der Waals surface area contributed by atoms with Crippen molar-refractivity contribution in [2.45, 2.75) is 65.1 Å². The summed E-state index contributed by atoms with van der Waals surface area (Å²) in [6.07, 6.45) is 0.525. The van der Waals surface area contributed by atoms with Crippen LogP contribution in [0.15, 0.2) is 0 Å². The van der Waals surface area contributed by atoms with Crippen LogP contribution in [0.1, 0.15) is 48.0 Å². The number of hydrogen-bond acceptors (Lipinski definition) is 4. The van der Waals surface area contributed by atoms with Crippen molar-refractivity contribution in [3.05, 3.63) is 0 Å². The lowest BCUT2D eigenvalue weighted by atomic mass is 10.0. The van der Waals surface area contributed by atoms with E-state index >= 15 is 0 Å². The molecule has 5 heteroatoms. The molecule has 0 aromatic carbocycles. The number of ether oxygens (including phenoxy) is 1. The summed E-state index contributed by atoms with van der Waals surface area (Å²) in [5, 5.41) is 2.94. The van der Waals surface area contributed by atoms with Gasteiger partial charge in [0.05, 0.1) is 5.54 Å². The van der Waals surface area contributed by atoms with Crippen LogP contribution >= 0.6 is 0 Å². The standard InChI is InChI=1S/C14H28N2O3/c1-9-10(11(17)19-13(2,3)4)16(8)12(18)14(5,6)15-7/h10,15H,9H2,1-8H3. The molecule has 0 rings (SSSR count). The van der Waals surface area contributed by atoms with E-state index in [1.807, 2.05) is 27.7 Å². The van der Waals surface area contributed by atoms with Gasteiger partial charge in [-0.2, -0.15) is 0 Å². The lowest BCUT2D eigenvalue weighted by molar-refractivity contribution is -0.165. The molecule has 1 N–H and O–H groups in total. The normalized spacial score (nSPS) is 13.9. The number of amides is 1. The molecule has 0 radical (unpaired) electrons. The first-order valence-electron chi connectivity index (χ1n) is 6.65. The zero-order valence-electron chi connectivity index (χ0n) is 13.5. The average molecular weight is 272 g/mol. The first kappa shape index (κ1) is 17.9. The van der Waals surface area contributed by atoms with Crippen LogP contribution in [0, 0.1) is 0 Å². The molecular formula is C14H28N2O3. The molecule has 0 aliphatic carbocycles. The van der Waals surface area contributed by atoms with Gasteiger partial charge in [-0.3, -0.25) is 4.79 Å². The molecule has 0 aromatic rings. The van der Waals surface area contributed by atoms with Crippen LogP contribution in [-0.4, -0.2) is 48.1 Å². The predicted molar refractivity (Wildman–Crippen MR) is 75.8 cm³/mol. The van der Waals surface area contributed by atoms with Crippen LogP contribution in [0.2, 0.25) is 0 Å². The first-order chi connectivity index (χ1) is 8.46. The Balaban J connectivity index is 4.97. The number of nitrogens with zero attached hydrogens (tertiary/aromatic N) is 1. The second-order valence-corrected chi connectivity index (χ2v) is 6.25. The Labute approximate surface area is 116 Å². The number of carbonyl (C=O) groups excluding carboxylic acids is 2. The highest BCUT2D eigenvalue weighted by molar-refractivity contribution is 5.89. The summed E-state index contributed by atoms with van der Waals surface area (Å²) in [4.78, 5) is 25.9. The number of nitrogens with one attached hydrogen (secondary N) is 1. The molecule has 1 unspecified atom stereocenters. The summed E-state index contributed by atoms with van der Waals surface area (Å²) in [5.41, 5.74) is -1.25. The van der Waals surface area contributed by atoms with Crippen molar-refractivity contribution in [2.24, 2.45) is 0 Å². The summed E-state index contributed by atoms with van der Waals surface area (Å²) >= 11 is 0. The fraction of sp³-hybridized carbons (Fsp3) is 0.857. The molecule has 0 saturated heterocycles. The van der Waals surface area contributed by atoms with Crippen molar-refractivity contribution in [3.8, 4) is 0 Å². The molecule has 112 valence electrons. The van der Waals surface area contributed by atoms with E-state index in [1.165, 1.54) is 4.90 Å². The highest BCUT2D eigenvalue weighted by Gasteiger charge is 2.35. The zero-order valence-corrected chi connectivity index (χ0v) is 13.5. The van der Waals surface area contributed by atoms with Crippen molar-refractivity contribution >= 4 is 11.9 Å². The minimum Gasteiger partial charge on any atom is -0.458 e. The summed E-state index contributed by atoms with van der Waals surface area (Å²) in [5.74, 6) is -0.495. The SMILES string of the molecule is CCC(C(=O)OC(C)(C)C)N(C)C(=O)C(C)(C)NC. The molecule has 1 amide bonds. The van der Waals surface area contributed by atoms with Gasteiger partial charge >= 0.3 is 5.97 Å². The molecule has 5 nitrogen and oxygen atoms in total. The summed E-state index contributed by atoms with van der Waals surface area (Å²) in [7, 11) is 3.36. The molecule has 0 saturated carbocycles. The fourth-order valence-corrected chi connectivity index (χ4v) is 1.66. The van der Waals surface area contributed by atoms with Gasteiger partial charge in [0.15, 0.2) is 0 Å². The van der Waals surface area contributed by atoms with Gasteiger partial charge < -0.3 is 15.0 Å². The highest BCUT2D eigenvalue weighted by Crippen LogP contribution is 2.15. The molecule has 0 heterocycles. The van der Waals surface area contributed by atoms with Crippen molar-refractivity contribution in [2.75, 3.05) is 14.1 Å². The quantitative estimate of drug-likeness (QED) is 0.772. The van der Waals surface area contributed by atoms with E-state index in [4.69, 9.17) is 4.74 Å². The van der Waals surface area contributed by atoms with Crippen LogP contribution in [0.3, 0.4) is 0 Å². The molecule has 0 aliphatic heterocycles. The van der Waals surface area contributed by atoms with E-state index in [2.05, 4.69) is 5.32 Å². The molecule has 1 atom stereocenters. The van der Waals surface area contributed by atoms with Gasteiger partial charge in [-0.05, 0) is 48.1 Å². The van der Waals surface area contributed by atoms with Crippen LogP contribution in [0.5, 0.6) is 0 Å². The van der Waals surface area contributed by atoms with Crippen molar-refractivity contribution in [3.63, 3.8) is 0 Å². The maximum absolute atomic E-state index is 12.3. The Bertz CT molecular complexity index is 332. The average Bonchev–Trinajstić information content (AvgIpc) is 2.26. The van der Waals surface area contributed by atoms with Gasteiger partial charge in [0.1, 0.15) is 11.6 Å². The van der Waals surface area contributed by atoms with Gasteiger partial charge in [-0.1, -0.05) is 6.92 Å². The molecular weight excluding hydrogens is 244 g/mol. The second kappa shape index (κ2) is 6.37. The Kier molecular flexibility index (Phi) is 6.00. The topological polar surface area (TPSA) is 58.6 Å². The summed E-state index contributed by atoms with van der Waals surface area (Å²) in [6.45, 7) is 10.9. The number of esters is 1. The number of rotatable bonds is 5. The van der Waals surface area contributed by atoms with E-state index in [-0.39, 0.29) is 11.9 Å². The Morgan fingerprint density at radius 1 is 1.21 bits per heavy atom. The Morgan fingerprint density at radius 3 is 2.00 bits per heavy atom. The van der Waals surface area contributed by atoms with Crippen molar-refractivity contribution in [1.29, 1.82) is 0 Å². The molecule has 0 bridgehead atoms. The summed E-state index contributed by atoms with van der Waals surface area (Å²) < 4.78 is 5.36. The molecule has 0 aromatic heterocycles. The number of likely N-dealkylation sites (N-methyl/N-ethyl adjacent to an activating group) is 2. The molecule has 0 spiro atoms. The monoisotopic (exact) mass is 272 g/mol. The second-order valence-electron chi connectivity index (χ2n) is 6.25. The molecule has 0 aliphatic rings. The van der Waals surface area contributed by atoms with Gasteiger partial charge in [-0.25, -0.2) is 4.79 Å². The third-order valence-electron chi connectivity index (χ3n) is 3.01. The minimum absolute atomic E-state index is 0.132. The third kappa shape index (κ3) is 5.19. The molecule has 19 heavy (non-hydrogen) atoms. The van der Waals surface area contributed by atoms with E-state index in [0.29, 0.717) is 6.42 Å². The predicted octanol–water partition coefficient (Wildman–Crippen LogP) is 1.56. The largest absolute Gasteiger partial charge is 0.458 e. The fourth-order valence-electron chi connectivity index (χ4n) is 1.66. The highest BCUT2D eigenvalue weighted by atomic mass is 16.6. The van der Waals surface area contributed by atoms with Gasteiger partial charge in [0.25, 0.3) is 0 Å². The third-order valence-corrected chi connectivity index (χ3v) is 3.01. The van der Waals surface area contributed by atoms with Crippen LogP contribution in [0.25, 0.3) is 0 Å². The number of carbonyl (C=O) groups is 2. The van der Waals surface area contributed by atoms with Crippen LogP contribution in [0.4, 0.5) is 0 Å². The lowest BCUT2D eigenvalue weighted by Crippen LogP contribution is -2.56. The van der Waals surface area contributed by atoms with Crippen LogP contribution in [-0.2, 0) is 14.3 Å². The lowest BCUT2D eigenvalue weighted by Gasteiger charge is -2.34. The van der Waals surface area contributed by atoms with E-state index in [9.17, 15) is 9.59 Å².